The maximum absolute atomic E-state index is 14.4. The number of nitrogens with zero attached hydrogens (tertiary/aromatic N) is 1. The fourth-order valence-corrected chi connectivity index (χ4v) is 8.39. The van der Waals surface area contributed by atoms with Crippen LogP contribution in [0.1, 0.15) is 60.8 Å². The third-order valence-electron chi connectivity index (χ3n) is 9.32. The number of benzene rings is 3. The summed E-state index contributed by atoms with van der Waals surface area (Å²) in [4.78, 5) is 45.9. The molecule has 7 N–H and O–H groups in total. The summed E-state index contributed by atoms with van der Waals surface area (Å²) < 4.78 is 0.904. The molecule has 3 aromatic carbocycles. The maximum Gasteiger partial charge on any atom is 0.245 e. The van der Waals surface area contributed by atoms with Gasteiger partial charge < -0.3 is 32.3 Å². The van der Waals surface area contributed by atoms with E-state index in [1.807, 2.05) is 48.5 Å². The normalized spacial score (nSPS) is 20.3. The topological polar surface area (TPSA) is 143 Å². The van der Waals surface area contributed by atoms with E-state index in [4.69, 9.17) is 23.1 Å². The zero-order chi connectivity index (χ0) is 35.6. The summed E-state index contributed by atoms with van der Waals surface area (Å²) in [7, 11) is 1.66. The summed E-state index contributed by atoms with van der Waals surface area (Å²) in [5, 5.41) is 10.2. The van der Waals surface area contributed by atoms with Crippen LogP contribution in [0.15, 0.2) is 81.0 Å². The zero-order valence-electron chi connectivity index (χ0n) is 28.4. The third-order valence-corrected chi connectivity index (χ3v) is 11.5. The number of rotatable bonds is 9. The van der Waals surface area contributed by atoms with E-state index in [-0.39, 0.29) is 24.3 Å². The van der Waals surface area contributed by atoms with Crippen LogP contribution in [0.4, 0.5) is 0 Å². The van der Waals surface area contributed by atoms with Gasteiger partial charge in [0.1, 0.15) is 12.1 Å². The molecule has 1 aliphatic heterocycles. The molecule has 2 aliphatic rings. The number of amides is 3. The Balaban J connectivity index is 1.55. The predicted octanol–water partition coefficient (Wildman–Crippen LogP) is 5.55. The van der Waals surface area contributed by atoms with Gasteiger partial charge in [0.2, 0.25) is 17.7 Å². The average molecular weight is 782 g/mol. The van der Waals surface area contributed by atoms with Gasteiger partial charge in [0, 0.05) is 40.8 Å². The lowest BCUT2D eigenvalue weighted by molar-refractivity contribution is -0.142. The molecule has 0 spiro atoms. The van der Waals surface area contributed by atoms with Gasteiger partial charge in [-0.25, -0.2) is 0 Å². The van der Waals surface area contributed by atoms with Gasteiger partial charge >= 0.3 is 0 Å². The fourth-order valence-electron chi connectivity index (χ4n) is 6.45. The van der Waals surface area contributed by atoms with Gasteiger partial charge in [-0.15, -0.1) is 0 Å². The van der Waals surface area contributed by atoms with Crippen LogP contribution in [0.2, 0.25) is 5.02 Å². The summed E-state index contributed by atoms with van der Waals surface area (Å²) in [5.41, 5.74) is 16.8. The van der Waals surface area contributed by atoms with Crippen LogP contribution in [0, 0.1) is 0 Å². The largest absolute Gasteiger partial charge is 0.350 e. The van der Waals surface area contributed by atoms with Gasteiger partial charge in [0.25, 0.3) is 0 Å². The van der Waals surface area contributed by atoms with Crippen LogP contribution in [0.25, 0.3) is 5.57 Å². The number of allylic oxidation sites excluding steroid dienone is 1. The van der Waals surface area contributed by atoms with Gasteiger partial charge in [-0.3, -0.25) is 14.4 Å². The van der Waals surface area contributed by atoms with Gasteiger partial charge in [0.05, 0.1) is 11.1 Å². The van der Waals surface area contributed by atoms with E-state index in [2.05, 4.69) is 50.1 Å². The molecule has 1 heterocycles. The van der Waals surface area contributed by atoms with Crippen molar-refractivity contribution in [1.29, 1.82) is 0 Å². The molecule has 3 atom stereocenters. The molecule has 3 amide bonds. The monoisotopic (exact) mass is 780 g/mol. The van der Waals surface area contributed by atoms with Crippen LogP contribution < -0.4 is 27.4 Å². The number of hydrogen-bond acceptors (Lipinski definition) is 7. The van der Waals surface area contributed by atoms with Crippen molar-refractivity contribution in [1.82, 2.24) is 20.9 Å². The van der Waals surface area contributed by atoms with E-state index >= 15 is 0 Å². The van der Waals surface area contributed by atoms with E-state index in [9.17, 15) is 14.4 Å². The standard InChI is InChI=1S/C38H46BrClN6O3S/c1-46-33(20-25-15-14-24-8-2-3-10-29(24)25)37(48)44-23-27-9-6-11-30(40)35(27)50-34-21-28(39)17-16-26(34)22-43-31(13-7-19-42)36(47)45-32(38(46)49)12-4-5-18-41/h2-3,6,8-11,15-17,21,31-33,43H,4-5,7,12-14,18-20,22-23,41-42H2,1H3,(H,44,48)(H,45,47)/t31-,32-,33-/m0/s1. The molecule has 9 nitrogen and oxygen atoms in total. The number of nitrogens with one attached hydrogen (secondary N) is 3. The molecule has 0 fully saturated rings. The van der Waals surface area contributed by atoms with Crippen LogP contribution in [0.3, 0.4) is 0 Å². The number of carbonyl (C=O) groups excluding carboxylic acids is 3. The molecule has 0 saturated carbocycles. The number of fused-ring (bicyclic) bond motifs is 3. The molecular weight excluding hydrogens is 736 g/mol. The summed E-state index contributed by atoms with van der Waals surface area (Å²) in [6.45, 7) is 1.52. The first-order chi connectivity index (χ1) is 24.2. The van der Waals surface area contributed by atoms with E-state index in [1.54, 1.807) is 7.05 Å². The molecule has 3 aromatic rings. The Morgan fingerprint density at radius 3 is 2.44 bits per heavy atom. The molecule has 266 valence electrons. The molecular formula is C38H46BrClN6O3S. The summed E-state index contributed by atoms with van der Waals surface area (Å²) in [5.74, 6) is -0.891. The Morgan fingerprint density at radius 1 is 0.880 bits per heavy atom. The highest BCUT2D eigenvalue weighted by molar-refractivity contribution is 9.10. The van der Waals surface area contributed by atoms with Gasteiger partial charge in [-0.1, -0.05) is 87.8 Å². The first-order valence-corrected chi connectivity index (χ1v) is 19.2. The van der Waals surface area contributed by atoms with Crippen molar-refractivity contribution in [3.05, 3.63) is 98.5 Å². The molecule has 5 rings (SSSR count). The Morgan fingerprint density at radius 2 is 1.64 bits per heavy atom. The van der Waals surface area contributed by atoms with Gasteiger partial charge in [0.15, 0.2) is 0 Å². The molecule has 0 aromatic heterocycles. The molecule has 50 heavy (non-hydrogen) atoms. The number of likely N-dealkylation sites (N-methyl/N-ethyl adjacent to an activating group) is 1. The zero-order valence-corrected chi connectivity index (χ0v) is 31.5. The first-order valence-electron chi connectivity index (χ1n) is 17.2. The molecule has 12 heteroatoms. The van der Waals surface area contributed by atoms with E-state index < -0.39 is 18.1 Å². The van der Waals surface area contributed by atoms with Crippen molar-refractivity contribution < 1.29 is 14.4 Å². The average Bonchev–Trinajstić information content (AvgIpc) is 3.52. The number of halogens is 2. The Kier molecular flexibility index (Phi) is 14.0. The third kappa shape index (κ3) is 9.57. The molecule has 0 radical (unpaired) electrons. The second kappa shape index (κ2) is 18.3. The van der Waals surface area contributed by atoms with E-state index in [0.29, 0.717) is 63.2 Å². The van der Waals surface area contributed by atoms with E-state index in [0.717, 1.165) is 42.9 Å². The van der Waals surface area contributed by atoms with Crippen molar-refractivity contribution >= 4 is 62.6 Å². The highest BCUT2D eigenvalue weighted by Crippen LogP contribution is 2.39. The molecule has 1 aliphatic carbocycles. The Labute approximate surface area is 312 Å². The Bertz CT molecular complexity index is 1720. The molecule has 0 saturated heterocycles. The summed E-state index contributed by atoms with van der Waals surface area (Å²) >= 11 is 11.9. The van der Waals surface area contributed by atoms with Crippen molar-refractivity contribution in [2.75, 3.05) is 20.1 Å². The second-order valence-corrected chi connectivity index (χ2v) is 15.1. The van der Waals surface area contributed by atoms with Crippen molar-refractivity contribution in [3.8, 4) is 0 Å². The summed E-state index contributed by atoms with van der Waals surface area (Å²) in [6, 6.07) is 17.5. The van der Waals surface area contributed by atoms with Crippen LogP contribution in [-0.4, -0.2) is 60.9 Å². The number of carbonyl (C=O) groups is 3. The van der Waals surface area contributed by atoms with Crippen LogP contribution in [-0.2, 0) is 33.9 Å². The smallest absolute Gasteiger partial charge is 0.245 e. The second-order valence-electron chi connectivity index (χ2n) is 12.8. The number of hydrogen-bond donors (Lipinski definition) is 5. The highest BCUT2D eigenvalue weighted by atomic mass is 79.9. The van der Waals surface area contributed by atoms with Crippen LogP contribution in [0.5, 0.6) is 0 Å². The summed E-state index contributed by atoms with van der Waals surface area (Å²) in [6.07, 6.45) is 6.10. The fraction of sp³-hybridized carbons (Fsp3) is 0.395. The molecule has 0 bridgehead atoms. The van der Waals surface area contributed by atoms with Crippen molar-refractivity contribution in [2.45, 2.75) is 86.0 Å². The van der Waals surface area contributed by atoms with Crippen molar-refractivity contribution in [2.24, 2.45) is 11.5 Å². The number of nitrogens with two attached hydrogens (primary N) is 2. The SMILES string of the molecule is CN1C(=O)[C@H](CCCCN)NC(=O)[C@H](CCCN)NCc2ccc(Br)cc2Sc2c(Cl)cccc2CNC(=O)[C@@H]1CC1=CCc2ccccc21. The van der Waals surface area contributed by atoms with Crippen LogP contribution >= 0.6 is 39.3 Å². The van der Waals surface area contributed by atoms with Crippen molar-refractivity contribution in [3.63, 3.8) is 0 Å². The minimum absolute atomic E-state index is 0.218. The quantitative estimate of drug-likeness (QED) is 0.179. The molecule has 0 unspecified atom stereocenters. The first kappa shape index (κ1) is 38.1. The minimum Gasteiger partial charge on any atom is -0.350 e. The van der Waals surface area contributed by atoms with Gasteiger partial charge in [-0.05, 0) is 97.6 Å². The lowest BCUT2D eigenvalue weighted by atomic mass is 9.97. The highest BCUT2D eigenvalue weighted by Gasteiger charge is 2.34. The lowest BCUT2D eigenvalue weighted by Crippen LogP contribution is -2.56. The Hall–Kier alpha value is -3.19. The van der Waals surface area contributed by atoms with Gasteiger partial charge in [-0.2, -0.15) is 0 Å². The number of unbranched alkanes of at least 4 members (excludes halogenated alkanes) is 1. The maximum atomic E-state index is 14.4. The van der Waals surface area contributed by atoms with E-state index in [1.165, 1.54) is 22.2 Å². The minimum atomic E-state index is -0.838. The lowest BCUT2D eigenvalue weighted by Gasteiger charge is -2.32. The predicted molar refractivity (Wildman–Crippen MR) is 205 cm³/mol.